The Kier molecular flexibility index (Phi) is 11.5. The standard InChI is InChI=1S/C40H42ClF3N6O8S2/c1-6-22-17-39(22,36(53)49-60(54,55)26-11-12-26)48-33(51)30-16-25(57-34-28-15-23(41)10-13-27(28)31(56-5)18-45-34)19-50(30)35(52)32(38(2,3)4)47-37-46-29(20-59-37)21-8-7-9-24(14-21)58-40(42,43)44/h6-10,13-15,18,20,22,25-26,30,32H,1,11-12,16-17,19H2,2-5H3,(H,46,47)(H,48,51)(H,49,53)/t22-,25-,30+,32-,39-/m1/s1. The van der Waals surface area contributed by atoms with Gasteiger partial charge in [-0.05, 0) is 55.0 Å². The lowest BCUT2D eigenvalue weighted by Crippen LogP contribution is -2.58. The molecule has 3 aliphatic rings. The smallest absolute Gasteiger partial charge is 0.494 e. The molecule has 0 bridgehead atoms. The Morgan fingerprint density at radius 2 is 1.87 bits per heavy atom. The largest absolute Gasteiger partial charge is 0.573 e. The molecule has 2 aromatic heterocycles. The molecule has 1 saturated heterocycles. The lowest BCUT2D eigenvalue weighted by Gasteiger charge is -2.35. The molecule has 14 nitrogen and oxygen atoms in total. The van der Waals surface area contributed by atoms with E-state index in [2.05, 4.69) is 36.6 Å². The Balaban J connectivity index is 1.18. The van der Waals surface area contributed by atoms with Crippen molar-refractivity contribution in [3.8, 4) is 28.6 Å². The second-order valence-electron chi connectivity index (χ2n) is 16.0. The van der Waals surface area contributed by atoms with Crippen molar-refractivity contribution in [2.24, 2.45) is 11.3 Å². The van der Waals surface area contributed by atoms with Gasteiger partial charge < -0.3 is 29.7 Å². The Morgan fingerprint density at radius 3 is 2.52 bits per heavy atom. The maximum Gasteiger partial charge on any atom is 0.573 e. The van der Waals surface area contributed by atoms with Gasteiger partial charge in [0.2, 0.25) is 27.7 Å². The van der Waals surface area contributed by atoms with Crippen LogP contribution in [0.15, 0.2) is 66.7 Å². The molecular formula is C40H42ClF3N6O8S2. The highest BCUT2D eigenvalue weighted by Gasteiger charge is 2.62. The van der Waals surface area contributed by atoms with Crippen LogP contribution in [0.25, 0.3) is 22.0 Å². The van der Waals surface area contributed by atoms with E-state index in [1.807, 2.05) is 20.8 Å². The highest BCUT2D eigenvalue weighted by atomic mass is 35.5. The van der Waals surface area contributed by atoms with Gasteiger partial charge in [-0.25, -0.2) is 18.4 Å². The molecule has 0 spiro atoms. The van der Waals surface area contributed by atoms with E-state index in [-0.39, 0.29) is 30.4 Å². The van der Waals surface area contributed by atoms with E-state index in [1.165, 1.54) is 42.5 Å². The van der Waals surface area contributed by atoms with Gasteiger partial charge >= 0.3 is 6.36 Å². The molecule has 0 radical (unpaired) electrons. The number of ether oxygens (including phenoxy) is 3. The fourth-order valence-corrected chi connectivity index (χ4v) is 9.52. The molecule has 4 aromatic rings. The number of aromatic nitrogens is 2. The van der Waals surface area contributed by atoms with E-state index in [4.69, 9.17) is 21.1 Å². The third-order valence-corrected chi connectivity index (χ3v) is 13.4. The first-order chi connectivity index (χ1) is 28.2. The molecule has 20 heteroatoms. The molecule has 320 valence electrons. The lowest BCUT2D eigenvalue weighted by molar-refractivity contribution is -0.274. The van der Waals surface area contributed by atoms with Gasteiger partial charge in [-0.2, -0.15) is 0 Å². The number of pyridine rings is 1. The van der Waals surface area contributed by atoms with Crippen LogP contribution in [0.2, 0.25) is 5.02 Å². The molecule has 2 saturated carbocycles. The van der Waals surface area contributed by atoms with E-state index in [1.54, 1.807) is 29.6 Å². The lowest BCUT2D eigenvalue weighted by atomic mass is 9.85. The molecule has 3 N–H and O–H groups in total. The number of halogens is 4. The third kappa shape index (κ3) is 9.12. The van der Waals surface area contributed by atoms with Crippen molar-refractivity contribution in [1.29, 1.82) is 0 Å². The van der Waals surface area contributed by atoms with Crippen LogP contribution >= 0.6 is 22.9 Å². The zero-order chi connectivity index (χ0) is 43.4. The fourth-order valence-electron chi connectivity index (χ4n) is 7.24. The van der Waals surface area contributed by atoms with Gasteiger partial charge in [0.1, 0.15) is 35.2 Å². The second-order valence-corrected chi connectivity index (χ2v) is 19.3. The summed E-state index contributed by atoms with van der Waals surface area (Å²) in [6.45, 7) is 9.10. The highest BCUT2D eigenvalue weighted by molar-refractivity contribution is 7.91. The number of carbonyl (C=O) groups is 3. The third-order valence-electron chi connectivity index (χ3n) is 10.6. The number of hydrogen-bond donors (Lipinski definition) is 3. The number of sulfonamides is 1. The van der Waals surface area contributed by atoms with Crippen molar-refractivity contribution in [3.05, 3.63) is 71.7 Å². The van der Waals surface area contributed by atoms with Crippen LogP contribution < -0.4 is 29.6 Å². The summed E-state index contributed by atoms with van der Waals surface area (Å²) in [7, 11) is -2.45. The zero-order valence-electron chi connectivity index (χ0n) is 32.8. The summed E-state index contributed by atoms with van der Waals surface area (Å²) in [6.07, 6.45) is -1.83. The van der Waals surface area contributed by atoms with Crippen LogP contribution in [-0.4, -0.2) is 90.0 Å². The van der Waals surface area contributed by atoms with Crippen LogP contribution in [0, 0.1) is 11.3 Å². The van der Waals surface area contributed by atoms with E-state index in [9.17, 15) is 36.0 Å². The van der Waals surface area contributed by atoms with Gasteiger partial charge in [0.15, 0.2) is 5.13 Å². The predicted molar refractivity (Wildman–Crippen MR) is 218 cm³/mol. The summed E-state index contributed by atoms with van der Waals surface area (Å²) in [6, 6.07) is 8.21. The molecule has 3 amide bonds. The molecule has 1 aliphatic heterocycles. The van der Waals surface area contributed by atoms with Crippen molar-refractivity contribution >= 4 is 66.6 Å². The minimum atomic E-state index is -4.88. The molecule has 3 fully saturated rings. The quantitative estimate of drug-likeness (QED) is 0.118. The number of rotatable bonds is 14. The van der Waals surface area contributed by atoms with Gasteiger partial charge in [-0.1, -0.05) is 50.6 Å². The van der Waals surface area contributed by atoms with Crippen molar-refractivity contribution < 1.29 is 50.2 Å². The number of methoxy groups -OCH3 is 1. The second kappa shape index (κ2) is 16.0. The normalized spacial score (nSPS) is 22.1. The minimum absolute atomic E-state index is 0.0429. The Morgan fingerprint density at radius 1 is 1.12 bits per heavy atom. The summed E-state index contributed by atoms with van der Waals surface area (Å²) in [5.74, 6) is -2.47. The molecule has 0 unspecified atom stereocenters. The maximum atomic E-state index is 14.9. The van der Waals surface area contributed by atoms with Crippen LogP contribution in [0.3, 0.4) is 0 Å². The number of alkyl halides is 3. The van der Waals surface area contributed by atoms with E-state index in [0.29, 0.717) is 45.6 Å². The topological polar surface area (TPSA) is 178 Å². The van der Waals surface area contributed by atoms with Crippen molar-refractivity contribution in [2.45, 2.75) is 81.8 Å². The van der Waals surface area contributed by atoms with Gasteiger partial charge in [-0.15, -0.1) is 31.1 Å². The number of fused-ring (bicyclic) bond motifs is 1. The van der Waals surface area contributed by atoms with E-state index in [0.717, 1.165) is 11.3 Å². The molecule has 2 aliphatic carbocycles. The molecule has 5 atom stereocenters. The van der Waals surface area contributed by atoms with Crippen molar-refractivity contribution in [1.82, 2.24) is 24.9 Å². The number of likely N-dealkylation sites (tertiary alicyclic amines) is 1. The number of amides is 3. The summed E-state index contributed by atoms with van der Waals surface area (Å²) in [5.41, 5.74) is -1.75. The molecule has 60 heavy (non-hydrogen) atoms. The predicted octanol–water partition coefficient (Wildman–Crippen LogP) is 6.46. The van der Waals surface area contributed by atoms with E-state index >= 15 is 0 Å². The van der Waals surface area contributed by atoms with Crippen LogP contribution in [0.4, 0.5) is 18.3 Å². The number of thiazole rings is 1. The molecular weight excluding hydrogens is 849 g/mol. The Bertz CT molecular complexity index is 2460. The zero-order valence-corrected chi connectivity index (χ0v) is 35.2. The Labute approximate surface area is 352 Å². The van der Waals surface area contributed by atoms with Gasteiger partial charge in [0.25, 0.3) is 5.91 Å². The molecule has 3 heterocycles. The summed E-state index contributed by atoms with van der Waals surface area (Å²) in [5, 5.41) is 8.77. The number of nitrogens with one attached hydrogen (secondary N) is 3. The first-order valence-electron chi connectivity index (χ1n) is 18.9. The van der Waals surface area contributed by atoms with Crippen molar-refractivity contribution in [3.63, 3.8) is 0 Å². The Hall–Kier alpha value is -5.14. The molecule has 7 rings (SSSR count). The first-order valence-corrected chi connectivity index (χ1v) is 21.7. The number of nitrogens with zero attached hydrogens (tertiary/aromatic N) is 3. The SMILES string of the molecule is C=C[C@@H]1C[C@]1(NC(=O)[C@@H]1C[C@@H](Oc2ncc(OC)c3ccc(Cl)cc23)CN1C(=O)[C@@H](Nc1nc(-c2cccc(OC(F)(F)F)c2)cs1)C(C)(C)C)C(=O)NS(=O)(=O)C1CC1. The van der Waals surface area contributed by atoms with Crippen LogP contribution in [-0.2, 0) is 24.4 Å². The van der Waals surface area contributed by atoms with Gasteiger partial charge in [0, 0.05) is 39.1 Å². The maximum absolute atomic E-state index is 14.9. The summed E-state index contributed by atoms with van der Waals surface area (Å²) >= 11 is 7.48. The summed E-state index contributed by atoms with van der Waals surface area (Å²) in [4.78, 5) is 53.3. The summed E-state index contributed by atoms with van der Waals surface area (Å²) < 4.78 is 82.4. The molecule has 2 aromatic carbocycles. The first kappa shape index (κ1) is 43.0. The number of anilines is 1. The highest BCUT2D eigenvalue weighted by Crippen LogP contribution is 2.46. The average Bonchev–Trinajstić information content (AvgIpc) is 4.06. The number of carbonyl (C=O) groups excluding carboxylic acids is 3. The number of hydrogen-bond acceptors (Lipinski definition) is 12. The van der Waals surface area contributed by atoms with Gasteiger partial charge in [0.05, 0.1) is 30.8 Å². The van der Waals surface area contributed by atoms with E-state index < -0.39 is 80.2 Å². The van der Waals surface area contributed by atoms with Gasteiger partial charge in [-0.3, -0.25) is 19.1 Å². The monoisotopic (exact) mass is 890 g/mol. The van der Waals surface area contributed by atoms with Crippen LogP contribution in [0.1, 0.15) is 46.5 Å². The number of benzene rings is 2. The van der Waals surface area contributed by atoms with Crippen LogP contribution in [0.5, 0.6) is 17.4 Å². The fraction of sp³-hybridized carbons (Fsp3) is 0.425. The minimum Gasteiger partial charge on any atom is -0.494 e. The average molecular weight is 891 g/mol. The van der Waals surface area contributed by atoms with Crippen molar-refractivity contribution in [2.75, 3.05) is 19.0 Å².